The SMILES string of the molecule is Cl.Cl.Cl.Nc1nnc(CCN2CCN(c3ncccn3)CC2)s1. The number of nitrogens with two attached hydrogens (primary N) is 1. The van der Waals surface area contributed by atoms with Crippen LogP contribution in [0.15, 0.2) is 18.5 Å². The maximum Gasteiger partial charge on any atom is 0.225 e. The Balaban J connectivity index is 0.00000161. The lowest BCUT2D eigenvalue weighted by Gasteiger charge is -2.34. The zero-order valence-electron chi connectivity index (χ0n) is 12.4. The van der Waals surface area contributed by atoms with E-state index in [2.05, 4.69) is 30.0 Å². The van der Waals surface area contributed by atoms with Gasteiger partial charge < -0.3 is 10.6 Å². The number of halogens is 3. The van der Waals surface area contributed by atoms with Crippen LogP contribution in [0.1, 0.15) is 5.01 Å². The van der Waals surface area contributed by atoms with Crippen LogP contribution >= 0.6 is 48.6 Å². The topological polar surface area (TPSA) is 84.1 Å². The van der Waals surface area contributed by atoms with Crippen molar-refractivity contribution in [1.29, 1.82) is 0 Å². The molecule has 130 valence electrons. The molecule has 2 N–H and O–H groups in total. The predicted molar refractivity (Wildman–Crippen MR) is 100 cm³/mol. The standard InChI is InChI=1S/C12H17N7S.3ClH/c13-11-17-16-10(20-11)2-5-18-6-8-19(9-7-18)12-14-3-1-4-15-12;;;/h1,3-4H,2,5-9H2,(H2,13,17);3*1H. The largest absolute Gasteiger partial charge is 0.374 e. The van der Waals surface area contributed by atoms with Gasteiger partial charge in [-0.2, -0.15) is 0 Å². The van der Waals surface area contributed by atoms with Gasteiger partial charge in [0.25, 0.3) is 0 Å². The van der Waals surface area contributed by atoms with E-state index >= 15 is 0 Å². The highest BCUT2D eigenvalue weighted by Crippen LogP contribution is 2.13. The van der Waals surface area contributed by atoms with Crippen molar-refractivity contribution in [1.82, 2.24) is 25.1 Å². The molecule has 1 saturated heterocycles. The summed E-state index contributed by atoms with van der Waals surface area (Å²) in [6.45, 7) is 4.96. The van der Waals surface area contributed by atoms with E-state index in [1.165, 1.54) is 11.3 Å². The molecule has 1 aliphatic rings. The van der Waals surface area contributed by atoms with Crippen molar-refractivity contribution < 1.29 is 0 Å². The Labute approximate surface area is 157 Å². The van der Waals surface area contributed by atoms with Gasteiger partial charge in [-0.3, -0.25) is 4.90 Å². The summed E-state index contributed by atoms with van der Waals surface area (Å²) >= 11 is 1.47. The van der Waals surface area contributed by atoms with Gasteiger partial charge >= 0.3 is 0 Å². The van der Waals surface area contributed by atoms with E-state index in [1.807, 2.05) is 6.07 Å². The summed E-state index contributed by atoms with van der Waals surface area (Å²) in [5, 5.41) is 9.44. The van der Waals surface area contributed by atoms with Crippen molar-refractivity contribution in [2.24, 2.45) is 0 Å². The normalized spacial score (nSPS) is 14.3. The van der Waals surface area contributed by atoms with Crippen LogP contribution in [0.5, 0.6) is 0 Å². The molecule has 1 aliphatic heterocycles. The lowest BCUT2D eigenvalue weighted by Crippen LogP contribution is -2.47. The van der Waals surface area contributed by atoms with Crippen LogP contribution in [0.3, 0.4) is 0 Å². The molecule has 3 heterocycles. The summed E-state index contributed by atoms with van der Waals surface area (Å²) < 4.78 is 0. The van der Waals surface area contributed by atoms with Crippen molar-refractivity contribution in [3.8, 4) is 0 Å². The lowest BCUT2D eigenvalue weighted by molar-refractivity contribution is 0.259. The van der Waals surface area contributed by atoms with Crippen LogP contribution in [0.2, 0.25) is 0 Å². The average Bonchev–Trinajstić information content (AvgIpc) is 2.92. The summed E-state index contributed by atoms with van der Waals surface area (Å²) in [5.41, 5.74) is 5.58. The number of aromatic nitrogens is 4. The summed E-state index contributed by atoms with van der Waals surface area (Å²) in [6, 6.07) is 1.84. The number of hydrogen-bond donors (Lipinski definition) is 1. The van der Waals surface area contributed by atoms with E-state index in [1.54, 1.807) is 12.4 Å². The molecule has 0 saturated carbocycles. The molecule has 3 rings (SSSR count). The lowest BCUT2D eigenvalue weighted by atomic mass is 10.3. The van der Waals surface area contributed by atoms with Gasteiger partial charge in [-0.1, -0.05) is 11.3 Å². The first kappa shape index (κ1) is 22.1. The van der Waals surface area contributed by atoms with Gasteiger partial charge in [0.15, 0.2) is 0 Å². The molecule has 23 heavy (non-hydrogen) atoms. The van der Waals surface area contributed by atoms with Crippen LogP contribution in [-0.2, 0) is 6.42 Å². The Morgan fingerprint density at radius 3 is 2.22 bits per heavy atom. The maximum absolute atomic E-state index is 5.58. The molecule has 1 fully saturated rings. The van der Waals surface area contributed by atoms with Crippen LogP contribution in [0.25, 0.3) is 0 Å². The number of piperazine rings is 1. The Morgan fingerprint density at radius 2 is 1.65 bits per heavy atom. The monoisotopic (exact) mass is 399 g/mol. The molecular formula is C12H20Cl3N7S. The number of rotatable bonds is 4. The highest BCUT2D eigenvalue weighted by atomic mass is 35.5. The second kappa shape index (κ2) is 10.8. The zero-order valence-corrected chi connectivity index (χ0v) is 15.6. The van der Waals surface area contributed by atoms with Crippen molar-refractivity contribution in [2.75, 3.05) is 43.4 Å². The van der Waals surface area contributed by atoms with Crippen LogP contribution in [0.4, 0.5) is 11.1 Å². The molecule has 0 unspecified atom stereocenters. The van der Waals surface area contributed by atoms with E-state index in [4.69, 9.17) is 5.73 Å². The molecule has 0 atom stereocenters. The molecule has 0 aliphatic carbocycles. The molecule has 7 nitrogen and oxygen atoms in total. The van der Waals surface area contributed by atoms with Crippen LogP contribution in [-0.4, -0.2) is 57.8 Å². The number of nitrogen functional groups attached to an aromatic ring is 1. The average molecular weight is 401 g/mol. The first-order valence-corrected chi connectivity index (χ1v) is 7.45. The number of hydrogen-bond acceptors (Lipinski definition) is 8. The van der Waals surface area contributed by atoms with Crippen molar-refractivity contribution in [2.45, 2.75) is 6.42 Å². The second-order valence-electron chi connectivity index (χ2n) is 4.66. The first-order valence-electron chi connectivity index (χ1n) is 6.63. The molecular weight excluding hydrogens is 381 g/mol. The van der Waals surface area contributed by atoms with Crippen LogP contribution in [0, 0.1) is 0 Å². The Bertz CT molecular complexity index is 549. The van der Waals surface area contributed by atoms with Gasteiger partial charge in [-0.25, -0.2) is 9.97 Å². The van der Waals surface area contributed by atoms with Crippen molar-refractivity contribution in [3.05, 3.63) is 23.5 Å². The Hall–Kier alpha value is -0.930. The fraction of sp³-hybridized carbons (Fsp3) is 0.500. The molecule has 0 bridgehead atoms. The molecule has 2 aromatic rings. The third-order valence-corrected chi connectivity index (χ3v) is 4.14. The van der Waals surface area contributed by atoms with E-state index in [9.17, 15) is 0 Å². The Kier molecular flexibility index (Phi) is 10.3. The molecule has 2 aromatic heterocycles. The fourth-order valence-corrected chi connectivity index (χ4v) is 2.85. The minimum Gasteiger partial charge on any atom is -0.374 e. The highest BCUT2D eigenvalue weighted by Gasteiger charge is 2.18. The maximum atomic E-state index is 5.58. The van der Waals surface area contributed by atoms with E-state index in [0.29, 0.717) is 5.13 Å². The molecule has 0 aromatic carbocycles. The summed E-state index contributed by atoms with van der Waals surface area (Å²) in [6.07, 6.45) is 4.49. The van der Waals surface area contributed by atoms with E-state index in [-0.39, 0.29) is 37.2 Å². The van der Waals surface area contributed by atoms with Gasteiger partial charge in [-0.15, -0.1) is 47.4 Å². The minimum absolute atomic E-state index is 0. The third kappa shape index (κ3) is 6.23. The molecule has 0 spiro atoms. The predicted octanol–water partition coefficient (Wildman–Crippen LogP) is 1.54. The van der Waals surface area contributed by atoms with Gasteiger partial charge in [0.05, 0.1) is 0 Å². The van der Waals surface area contributed by atoms with Crippen molar-refractivity contribution in [3.63, 3.8) is 0 Å². The number of anilines is 2. The summed E-state index contributed by atoms with van der Waals surface area (Å²) in [5.74, 6) is 0.823. The summed E-state index contributed by atoms with van der Waals surface area (Å²) in [7, 11) is 0. The fourth-order valence-electron chi connectivity index (χ4n) is 2.25. The highest BCUT2D eigenvalue weighted by molar-refractivity contribution is 7.15. The van der Waals surface area contributed by atoms with Gasteiger partial charge in [0.2, 0.25) is 11.1 Å². The van der Waals surface area contributed by atoms with Crippen LogP contribution < -0.4 is 10.6 Å². The van der Waals surface area contributed by atoms with Crippen molar-refractivity contribution >= 4 is 59.6 Å². The molecule has 11 heteroatoms. The Morgan fingerprint density at radius 1 is 1.00 bits per heavy atom. The minimum atomic E-state index is 0. The first-order chi connectivity index (χ1) is 9.81. The molecule has 0 radical (unpaired) electrons. The zero-order chi connectivity index (χ0) is 13.8. The quantitative estimate of drug-likeness (QED) is 0.833. The second-order valence-corrected chi connectivity index (χ2v) is 5.76. The molecule has 0 amide bonds. The van der Waals surface area contributed by atoms with Gasteiger partial charge in [-0.05, 0) is 6.07 Å². The van der Waals surface area contributed by atoms with Gasteiger partial charge in [0.1, 0.15) is 5.01 Å². The summed E-state index contributed by atoms with van der Waals surface area (Å²) in [4.78, 5) is 13.2. The van der Waals surface area contributed by atoms with Gasteiger partial charge in [0, 0.05) is 51.5 Å². The van der Waals surface area contributed by atoms with E-state index in [0.717, 1.165) is 50.1 Å². The smallest absolute Gasteiger partial charge is 0.225 e. The van der Waals surface area contributed by atoms with E-state index < -0.39 is 0 Å². The third-order valence-electron chi connectivity index (χ3n) is 3.33. The number of nitrogens with zero attached hydrogens (tertiary/aromatic N) is 6.